The minimum Gasteiger partial charge on any atom is -0.357 e. The van der Waals surface area contributed by atoms with E-state index < -0.39 is 0 Å². The van der Waals surface area contributed by atoms with Gasteiger partial charge in [-0.05, 0) is 64.6 Å². The summed E-state index contributed by atoms with van der Waals surface area (Å²) in [5.41, 5.74) is 0. The molecule has 0 aromatic rings. The molecular weight excluding hydrogens is 260 g/mol. The fourth-order valence-corrected chi connectivity index (χ4v) is 3.02. The number of nitrogens with one attached hydrogen (secondary N) is 2. The van der Waals surface area contributed by atoms with Crippen LogP contribution in [0.5, 0.6) is 0 Å². The normalized spacial score (nSPS) is 26.7. The first-order valence-electron chi connectivity index (χ1n) is 9.07. The van der Waals surface area contributed by atoms with Crippen LogP contribution in [0, 0.1) is 5.92 Å². The fraction of sp³-hybridized carbons (Fsp3) is 0.941. The number of hydrogen-bond acceptors (Lipinski definition) is 2. The third-order valence-corrected chi connectivity index (χ3v) is 4.63. The lowest BCUT2D eigenvalue weighted by atomic mass is 10.1. The highest BCUT2D eigenvalue weighted by Gasteiger charge is 2.33. The average Bonchev–Trinajstić information content (AvgIpc) is 3.19. The number of nitrogens with zero attached hydrogens (tertiary/aromatic N) is 2. The summed E-state index contributed by atoms with van der Waals surface area (Å²) < 4.78 is 0. The highest BCUT2D eigenvalue weighted by Crippen LogP contribution is 2.28. The summed E-state index contributed by atoms with van der Waals surface area (Å²) >= 11 is 0. The summed E-state index contributed by atoms with van der Waals surface area (Å²) in [5, 5.41) is 6.86. The van der Waals surface area contributed by atoms with Gasteiger partial charge in [0.05, 0.1) is 0 Å². The number of aliphatic imine (C=N–C) groups is 1. The van der Waals surface area contributed by atoms with Crippen LogP contribution in [0.4, 0.5) is 0 Å². The average molecular weight is 294 g/mol. The fourth-order valence-electron chi connectivity index (χ4n) is 3.02. The quantitative estimate of drug-likeness (QED) is 0.411. The molecule has 4 heteroatoms. The maximum Gasteiger partial charge on any atom is 0.191 e. The maximum atomic E-state index is 4.69. The van der Waals surface area contributed by atoms with Gasteiger partial charge in [-0.3, -0.25) is 4.99 Å². The molecule has 21 heavy (non-hydrogen) atoms. The standard InChI is InChI=1S/C17H34N4/c1-3-18-17(20-16-14-15(16)2)19-10-6-4-7-11-21-12-8-5-9-13-21/h15-16H,3-14H2,1-2H3,(H2,18,19,20). The van der Waals surface area contributed by atoms with Crippen LogP contribution in [-0.2, 0) is 0 Å². The summed E-state index contributed by atoms with van der Waals surface area (Å²) in [6.45, 7) is 10.3. The lowest BCUT2D eigenvalue weighted by molar-refractivity contribution is 0.224. The van der Waals surface area contributed by atoms with E-state index in [0.717, 1.165) is 25.0 Å². The Morgan fingerprint density at radius 2 is 1.90 bits per heavy atom. The molecule has 1 aliphatic carbocycles. The first-order valence-corrected chi connectivity index (χ1v) is 9.07. The van der Waals surface area contributed by atoms with Crippen molar-refractivity contribution in [2.24, 2.45) is 10.9 Å². The van der Waals surface area contributed by atoms with Gasteiger partial charge in [0.15, 0.2) is 5.96 Å². The van der Waals surface area contributed by atoms with E-state index in [1.165, 1.54) is 64.6 Å². The van der Waals surface area contributed by atoms with Crippen LogP contribution in [-0.4, -0.2) is 49.6 Å². The van der Waals surface area contributed by atoms with Crippen molar-refractivity contribution in [3.8, 4) is 0 Å². The molecule has 2 N–H and O–H groups in total. The van der Waals surface area contributed by atoms with Gasteiger partial charge < -0.3 is 15.5 Å². The van der Waals surface area contributed by atoms with Gasteiger partial charge in [-0.25, -0.2) is 0 Å². The van der Waals surface area contributed by atoms with Crippen molar-refractivity contribution in [2.45, 2.75) is 64.8 Å². The molecule has 0 radical (unpaired) electrons. The molecule has 0 amide bonds. The van der Waals surface area contributed by atoms with Gasteiger partial charge in [-0.1, -0.05) is 19.8 Å². The summed E-state index contributed by atoms with van der Waals surface area (Å²) in [6, 6.07) is 0.655. The van der Waals surface area contributed by atoms with Crippen LogP contribution in [0.3, 0.4) is 0 Å². The van der Waals surface area contributed by atoms with Crippen molar-refractivity contribution in [3.05, 3.63) is 0 Å². The predicted molar refractivity (Wildman–Crippen MR) is 90.8 cm³/mol. The summed E-state index contributed by atoms with van der Waals surface area (Å²) in [4.78, 5) is 7.33. The van der Waals surface area contributed by atoms with Gasteiger partial charge in [-0.2, -0.15) is 0 Å². The molecule has 1 saturated heterocycles. The second kappa shape index (κ2) is 9.29. The van der Waals surface area contributed by atoms with Gasteiger partial charge in [0.2, 0.25) is 0 Å². The number of guanidine groups is 1. The first kappa shape index (κ1) is 16.6. The monoisotopic (exact) mass is 294 g/mol. The second-order valence-corrected chi connectivity index (χ2v) is 6.69. The molecule has 0 aromatic carbocycles. The molecule has 2 fully saturated rings. The van der Waals surface area contributed by atoms with E-state index in [1.54, 1.807) is 0 Å². The third-order valence-electron chi connectivity index (χ3n) is 4.63. The topological polar surface area (TPSA) is 39.7 Å². The molecule has 2 rings (SSSR count). The van der Waals surface area contributed by atoms with Crippen LogP contribution in [0.15, 0.2) is 4.99 Å². The first-order chi connectivity index (χ1) is 10.3. The van der Waals surface area contributed by atoms with Gasteiger partial charge in [0.25, 0.3) is 0 Å². The smallest absolute Gasteiger partial charge is 0.191 e. The van der Waals surface area contributed by atoms with E-state index in [-0.39, 0.29) is 0 Å². The van der Waals surface area contributed by atoms with Gasteiger partial charge in [0, 0.05) is 19.1 Å². The number of hydrogen-bond donors (Lipinski definition) is 2. The Morgan fingerprint density at radius 1 is 1.14 bits per heavy atom. The van der Waals surface area contributed by atoms with E-state index in [4.69, 9.17) is 4.99 Å². The molecule has 2 atom stereocenters. The Balaban J connectivity index is 1.52. The molecule has 2 unspecified atom stereocenters. The van der Waals surface area contributed by atoms with Crippen molar-refractivity contribution >= 4 is 5.96 Å². The van der Waals surface area contributed by atoms with Gasteiger partial charge in [0.1, 0.15) is 0 Å². The van der Waals surface area contributed by atoms with Gasteiger partial charge >= 0.3 is 0 Å². The Labute approximate surface area is 130 Å². The highest BCUT2D eigenvalue weighted by atomic mass is 15.2. The summed E-state index contributed by atoms with van der Waals surface area (Å²) in [6.07, 6.45) is 9.39. The number of likely N-dealkylation sites (tertiary alicyclic amines) is 1. The van der Waals surface area contributed by atoms with Crippen molar-refractivity contribution in [1.29, 1.82) is 0 Å². The SMILES string of the molecule is CCNC(=NCCCCCN1CCCCC1)NC1CC1C. The molecule has 122 valence electrons. The molecule has 1 heterocycles. The lowest BCUT2D eigenvalue weighted by Gasteiger charge is -2.26. The zero-order valence-electron chi connectivity index (χ0n) is 14.0. The zero-order chi connectivity index (χ0) is 14.9. The Kier molecular flexibility index (Phi) is 7.34. The molecule has 0 aromatic heterocycles. The van der Waals surface area contributed by atoms with Crippen molar-refractivity contribution in [1.82, 2.24) is 15.5 Å². The highest BCUT2D eigenvalue weighted by molar-refractivity contribution is 5.80. The molecule has 1 saturated carbocycles. The van der Waals surface area contributed by atoms with Crippen molar-refractivity contribution in [2.75, 3.05) is 32.7 Å². The molecule has 4 nitrogen and oxygen atoms in total. The van der Waals surface area contributed by atoms with Crippen LogP contribution in [0.25, 0.3) is 0 Å². The Morgan fingerprint density at radius 3 is 2.57 bits per heavy atom. The number of rotatable bonds is 8. The van der Waals surface area contributed by atoms with E-state index in [2.05, 4.69) is 29.4 Å². The number of piperidine rings is 1. The van der Waals surface area contributed by atoms with Crippen LogP contribution >= 0.6 is 0 Å². The largest absolute Gasteiger partial charge is 0.357 e. The van der Waals surface area contributed by atoms with E-state index >= 15 is 0 Å². The summed E-state index contributed by atoms with van der Waals surface area (Å²) in [5.74, 6) is 1.83. The maximum absolute atomic E-state index is 4.69. The molecular formula is C17H34N4. The molecule has 0 spiro atoms. The Hall–Kier alpha value is -0.770. The minimum atomic E-state index is 0.655. The summed E-state index contributed by atoms with van der Waals surface area (Å²) in [7, 11) is 0. The van der Waals surface area contributed by atoms with Crippen molar-refractivity contribution in [3.63, 3.8) is 0 Å². The predicted octanol–water partition coefficient (Wildman–Crippen LogP) is 2.61. The lowest BCUT2D eigenvalue weighted by Crippen LogP contribution is -2.39. The van der Waals surface area contributed by atoms with Crippen LogP contribution < -0.4 is 10.6 Å². The van der Waals surface area contributed by atoms with Crippen LogP contribution in [0.2, 0.25) is 0 Å². The van der Waals surface area contributed by atoms with Crippen LogP contribution in [0.1, 0.15) is 58.8 Å². The Bertz CT molecular complexity index is 310. The van der Waals surface area contributed by atoms with E-state index in [9.17, 15) is 0 Å². The minimum absolute atomic E-state index is 0.655. The van der Waals surface area contributed by atoms with E-state index in [1.807, 2.05) is 0 Å². The molecule has 0 bridgehead atoms. The molecule has 1 aliphatic heterocycles. The molecule has 2 aliphatic rings. The van der Waals surface area contributed by atoms with Gasteiger partial charge in [-0.15, -0.1) is 0 Å². The number of unbranched alkanes of at least 4 members (excludes halogenated alkanes) is 2. The second-order valence-electron chi connectivity index (χ2n) is 6.69. The van der Waals surface area contributed by atoms with E-state index in [0.29, 0.717) is 6.04 Å². The zero-order valence-corrected chi connectivity index (χ0v) is 14.0. The third kappa shape index (κ3) is 6.68. The van der Waals surface area contributed by atoms with Crippen molar-refractivity contribution < 1.29 is 0 Å².